The van der Waals surface area contributed by atoms with Gasteiger partial charge in [0.2, 0.25) is 0 Å². The number of esters is 1. The topological polar surface area (TPSA) is 84.1 Å². The number of hydrogen-bond donors (Lipinski definition) is 0. The highest BCUT2D eigenvalue weighted by molar-refractivity contribution is 7.07. The van der Waals surface area contributed by atoms with Crippen LogP contribution in [0.3, 0.4) is 0 Å². The summed E-state index contributed by atoms with van der Waals surface area (Å²) in [4.78, 5) is 32.7. The average Bonchev–Trinajstić information content (AvgIpc) is 3.53. The largest absolute Gasteiger partial charge is 0.493 e. The lowest BCUT2D eigenvalue weighted by molar-refractivity contribution is -0.139. The van der Waals surface area contributed by atoms with Crippen molar-refractivity contribution >= 4 is 45.9 Å². The lowest BCUT2D eigenvalue weighted by Gasteiger charge is -2.25. The number of rotatable bonds is 8. The van der Waals surface area contributed by atoms with Crippen molar-refractivity contribution in [2.75, 3.05) is 20.8 Å². The van der Waals surface area contributed by atoms with Gasteiger partial charge in [0.05, 0.1) is 42.7 Å². The molecule has 0 fully saturated rings. The molecule has 0 bridgehead atoms. The van der Waals surface area contributed by atoms with E-state index < -0.39 is 12.0 Å². The predicted molar refractivity (Wildman–Crippen MR) is 172 cm³/mol. The van der Waals surface area contributed by atoms with E-state index in [-0.39, 0.29) is 12.2 Å². The molecule has 5 aromatic rings. The van der Waals surface area contributed by atoms with Gasteiger partial charge in [-0.15, -0.1) is 0 Å². The highest BCUT2D eigenvalue weighted by Crippen LogP contribution is 2.36. The number of halogens is 1. The van der Waals surface area contributed by atoms with Gasteiger partial charge in [0.15, 0.2) is 16.3 Å². The standard InChI is InChI=1S/C34H30ClN3O5S/c1-5-43-33(40)30-20(2)36-34-38(31(30)21-14-15-27(41-3)28(16-21)42-4)32(39)29(44-34)17-23-19-37(26-13-9-7-11-24(23)26)18-22-10-6-8-12-25(22)35/h6-17,19,31H,5,18H2,1-4H3/b29-17-/t31-/m1/s1. The molecule has 1 aliphatic heterocycles. The Morgan fingerprint density at radius 1 is 1.05 bits per heavy atom. The van der Waals surface area contributed by atoms with Gasteiger partial charge in [0.25, 0.3) is 5.56 Å². The molecule has 1 atom stereocenters. The lowest BCUT2D eigenvalue weighted by Crippen LogP contribution is -2.39. The first-order valence-corrected chi connectivity index (χ1v) is 15.3. The summed E-state index contributed by atoms with van der Waals surface area (Å²) in [5.74, 6) is 0.497. The number of para-hydroxylation sites is 1. The molecular formula is C34H30ClN3O5S. The Morgan fingerprint density at radius 3 is 2.55 bits per heavy atom. The number of methoxy groups -OCH3 is 2. The van der Waals surface area contributed by atoms with Gasteiger partial charge in [-0.2, -0.15) is 0 Å². The Kier molecular flexibility index (Phi) is 8.16. The minimum absolute atomic E-state index is 0.191. The van der Waals surface area contributed by atoms with Crippen LogP contribution in [-0.4, -0.2) is 35.9 Å². The molecule has 10 heteroatoms. The van der Waals surface area contributed by atoms with E-state index in [2.05, 4.69) is 10.6 Å². The molecule has 8 nitrogen and oxygen atoms in total. The summed E-state index contributed by atoms with van der Waals surface area (Å²) < 4.78 is 20.6. The van der Waals surface area contributed by atoms with Crippen LogP contribution in [0.1, 0.15) is 36.6 Å². The molecule has 0 spiro atoms. The van der Waals surface area contributed by atoms with E-state index in [4.69, 9.17) is 30.8 Å². The normalized spacial score (nSPS) is 14.8. The second-order valence-electron chi connectivity index (χ2n) is 10.2. The number of allylic oxidation sites excluding steroid dienone is 1. The molecule has 3 heterocycles. The van der Waals surface area contributed by atoms with Crippen LogP contribution in [0.4, 0.5) is 0 Å². The third kappa shape index (κ3) is 5.22. The highest BCUT2D eigenvalue weighted by atomic mass is 35.5. The summed E-state index contributed by atoms with van der Waals surface area (Å²) in [5.41, 5.74) is 4.12. The van der Waals surface area contributed by atoms with E-state index in [1.807, 2.05) is 60.8 Å². The summed E-state index contributed by atoms with van der Waals surface area (Å²) in [6.07, 6.45) is 3.93. The Labute approximate surface area is 262 Å². The number of benzene rings is 3. The second kappa shape index (κ2) is 12.2. The lowest BCUT2D eigenvalue weighted by atomic mass is 9.95. The summed E-state index contributed by atoms with van der Waals surface area (Å²) in [5, 5.41) is 1.70. The number of carbonyl (C=O) groups is 1. The van der Waals surface area contributed by atoms with Gasteiger partial charge in [-0.1, -0.05) is 65.4 Å². The van der Waals surface area contributed by atoms with Crippen molar-refractivity contribution in [2.45, 2.75) is 26.4 Å². The van der Waals surface area contributed by atoms with Crippen LogP contribution in [0.25, 0.3) is 17.0 Å². The Morgan fingerprint density at radius 2 is 1.80 bits per heavy atom. The van der Waals surface area contributed by atoms with E-state index in [9.17, 15) is 9.59 Å². The Bertz CT molecular complexity index is 2120. The summed E-state index contributed by atoms with van der Waals surface area (Å²) in [6, 6.07) is 20.4. The van der Waals surface area contributed by atoms with Crippen LogP contribution in [0.5, 0.6) is 11.5 Å². The molecular weight excluding hydrogens is 598 g/mol. The van der Waals surface area contributed by atoms with Crippen molar-refractivity contribution in [3.05, 3.63) is 126 Å². The second-order valence-corrected chi connectivity index (χ2v) is 11.7. The molecule has 1 aliphatic rings. The van der Waals surface area contributed by atoms with Crippen molar-refractivity contribution in [3.63, 3.8) is 0 Å². The molecule has 224 valence electrons. The first kappa shape index (κ1) is 29.5. The van der Waals surface area contributed by atoms with Crippen molar-refractivity contribution < 1.29 is 19.0 Å². The first-order valence-electron chi connectivity index (χ1n) is 14.1. The third-order valence-corrected chi connectivity index (χ3v) is 9.00. The van der Waals surface area contributed by atoms with Gasteiger partial charge in [0.1, 0.15) is 0 Å². The number of ether oxygens (including phenoxy) is 3. The molecule has 6 rings (SSSR count). The van der Waals surface area contributed by atoms with E-state index in [1.54, 1.807) is 44.8 Å². The molecule has 44 heavy (non-hydrogen) atoms. The minimum atomic E-state index is -0.770. The fraction of sp³-hybridized carbons (Fsp3) is 0.206. The van der Waals surface area contributed by atoms with E-state index in [0.29, 0.717) is 49.2 Å². The molecule has 0 saturated carbocycles. The number of carbonyl (C=O) groups excluding carboxylic acids is 1. The van der Waals surface area contributed by atoms with Crippen molar-refractivity contribution in [1.82, 2.24) is 9.13 Å². The zero-order valence-electron chi connectivity index (χ0n) is 24.7. The van der Waals surface area contributed by atoms with Gasteiger partial charge in [-0.3, -0.25) is 9.36 Å². The van der Waals surface area contributed by atoms with Crippen LogP contribution in [0.2, 0.25) is 5.02 Å². The fourth-order valence-corrected chi connectivity index (χ4v) is 6.84. The van der Waals surface area contributed by atoms with Gasteiger partial charge in [0, 0.05) is 34.2 Å². The molecule has 2 aromatic heterocycles. The Balaban J connectivity index is 1.53. The molecule has 3 aromatic carbocycles. The molecule has 0 N–H and O–H groups in total. The van der Waals surface area contributed by atoms with Crippen molar-refractivity contribution in [3.8, 4) is 11.5 Å². The summed E-state index contributed by atoms with van der Waals surface area (Å²) in [6.45, 7) is 4.28. The maximum Gasteiger partial charge on any atom is 0.338 e. The molecule has 0 amide bonds. The van der Waals surface area contributed by atoms with Crippen LogP contribution >= 0.6 is 22.9 Å². The zero-order chi connectivity index (χ0) is 31.0. The van der Waals surface area contributed by atoms with Crippen molar-refractivity contribution in [2.24, 2.45) is 4.99 Å². The van der Waals surface area contributed by atoms with E-state index in [0.717, 1.165) is 22.0 Å². The van der Waals surface area contributed by atoms with Crippen LogP contribution in [-0.2, 0) is 16.1 Å². The number of nitrogens with zero attached hydrogens (tertiary/aromatic N) is 3. The van der Waals surface area contributed by atoms with Crippen molar-refractivity contribution in [1.29, 1.82) is 0 Å². The smallest absolute Gasteiger partial charge is 0.338 e. The van der Waals surface area contributed by atoms with E-state index >= 15 is 0 Å². The molecule has 0 saturated heterocycles. The number of aromatic nitrogens is 2. The number of fused-ring (bicyclic) bond motifs is 2. The quantitative estimate of drug-likeness (QED) is 0.213. The SMILES string of the molecule is CCOC(=O)C1=C(C)N=c2s/c(=C\c3cn(Cc4ccccc4Cl)c4ccccc34)c(=O)n2[C@@H]1c1ccc(OC)c(OC)c1. The summed E-state index contributed by atoms with van der Waals surface area (Å²) >= 11 is 7.76. The number of hydrogen-bond acceptors (Lipinski definition) is 7. The Hall–Kier alpha value is -4.60. The zero-order valence-corrected chi connectivity index (χ0v) is 26.2. The van der Waals surface area contributed by atoms with Crippen LogP contribution in [0.15, 0.2) is 94.0 Å². The van der Waals surface area contributed by atoms with E-state index in [1.165, 1.54) is 11.3 Å². The first-order chi connectivity index (χ1) is 21.3. The van der Waals surface area contributed by atoms with Gasteiger partial charge >= 0.3 is 5.97 Å². The molecule has 0 radical (unpaired) electrons. The maximum absolute atomic E-state index is 14.2. The average molecular weight is 628 g/mol. The third-order valence-electron chi connectivity index (χ3n) is 7.64. The van der Waals surface area contributed by atoms with Gasteiger partial charge in [-0.05, 0) is 55.3 Å². The monoisotopic (exact) mass is 627 g/mol. The van der Waals surface area contributed by atoms with Gasteiger partial charge < -0.3 is 18.8 Å². The van der Waals surface area contributed by atoms with Crippen LogP contribution < -0.4 is 24.4 Å². The molecule has 0 aliphatic carbocycles. The fourth-order valence-electron chi connectivity index (χ4n) is 5.60. The minimum Gasteiger partial charge on any atom is -0.493 e. The highest BCUT2D eigenvalue weighted by Gasteiger charge is 2.34. The van der Waals surface area contributed by atoms with Gasteiger partial charge in [-0.25, -0.2) is 9.79 Å². The summed E-state index contributed by atoms with van der Waals surface area (Å²) in [7, 11) is 3.10. The maximum atomic E-state index is 14.2. The number of thiazole rings is 1. The molecule has 0 unspecified atom stereocenters. The predicted octanol–water partition coefficient (Wildman–Crippen LogP) is 5.47. The van der Waals surface area contributed by atoms with Crippen LogP contribution in [0, 0.1) is 0 Å².